The molecule has 0 N–H and O–H groups in total. The van der Waals surface area contributed by atoms with Crippen LogP contribution in [-0.2, 0) is 0 Å². The van der Waals surface area contributed by atoms with Gasteiger partial charge in [0, 0.05) is 22.4 Å². The van der Waals surface area contributed by atoms with Crippen LogP contribution in [0.1, 0.15) is 0 Å². The topological polar surface area (TPSA) is 12.9 Å². The molecule has 0 spiro atoms. The highest BCUT2D eigenvalue weighted by molar-refractivity contribution is 6.28. The van der Waals surface area contributed by atoms with E-state index in [4.69, 9.17) is 4.98 Å². The second-order valence-corrected chi connectivity index (χ2v) is 19.6. The Balaban J connectivity index is 0.907. The fraction of sp³-hybridized carbons (Fsp3) is 0. The summed E-state index contributed by atoms with van der Waals surface area (Å²) < 4.78 is 0. The lowest BCUT2D eigenvalue weighted by Crippen LogP contribution is -1.94. The second-order valence-electron chi connectivity index (χ2n) is 19.6. The first-order valence-corrected chi connectivity index (χ1v) is 25.6. The summed E-state index contributed by atoms with van der Waals surface area (Å²) in [4.78, 5) is 5.16. The van der Waals surface area contributed by atoms with E-state index in [-0.39, 0.29) is 0 Å². The maximum atomic E-state index is 5.16. The maximum absolute atomic E-state index is 5.16. The van der Waals surface area contributed by atoms with Crippen LogP contribution in [0.2, 0.25) is 0 Å². The van der Waals surface area contributed by atoms with Crippen LogP contribution in [0.4, 0.5) is 0 Å². The third-order valence-electron chi connectivity index (χ3n) is 15.6. The third kappa shape index (κ3) is 6.54. The van der Waals surface area contributed by atoms with Crippen molar-refractivity contribution in [3.63, 3.8) is 0 Å². The first-order valence-electron chi connectivity index (χ1n) is 25.6. The summed E-state index contributed by atoms with van der Waals surface area (Å²) in [6.07, 6.45) is 2.11. The number of para-hydroxylation sites is 1. The average molecular weight is 936 g/mol. The number of nitrogens with zero attached hydrogens (tertiary/aromatic N) is 1. The van der Waals surface area contributed by atoms with E-state index in [0.29, 0.717) is 0 Å². The molecule has 15 aromatic rings. The predicted octanol–water partition coefficient (Wildman–Crippen LogP) is 20.3. The quantitative estimate of drug-likeness (QED) is 0.120. The Hall–Kier alpha value is -9.69. The van der Waals surface area contributed by atoms with Crippen molar-refractivity contribution in [2.75, 3.05) is 0 Å². The Kier molecular flexibility index (Phi) is 9.65. The average Bonchev–Trinajstić information content (AvgIpc) is 3.48. The van der Waals surface area contributed by atoms with E-state index in [1.807, 2.05) is 0 Å². The van der Waals surface area contributed by atoms with Crippen LogP contribution in [-0.4, -0.2) is 4.98 Å². The predicted molar refractivity (Wildman–Crippen MR) is 317 cm³/mol. The van der Waals surface area contributed by atoms with Crippen LogP contribution >= 0.6 is 0 Å². The minimum atomic E-state index is 0.983. The van der Waals surface area contributed by atoms with E-state index in [1.165, 1.54) is 131 Å². The molecule has 15 rings (SSSR count). The minimum absolute atomic E-state index is 0.983. The van der Waals surface area contributed by atoms with E-state index in [0.717, 1.165) is 21.9 Å². The summed E-state index contributed by atoms with van der Waals surface area (Å²) in [5.41, 5.74) is 15.6. The number of pyridine rings is 1. The summed E-state index contributed by atoms with van der Waals surface area (Å²) in [7, 11) is 0. The smallest absolute Gasteiger partial charge is 0.0708 e. The summed E-state index contributed by atoms with van der Waals surface area (Å²) in [6, 6.07) is 98.3. The highest BCUT2D eigenvalue weighted by Gasteiger charge is 2.22. The molecule has 0 saturated heterocycles. The van der Waals surface area contributed by atoms with Gasteiger partial charge in [-0.15, -0.1) is 0 Å². The zero-order valence-corrected chi connectivity index (χ0v) is 40.4. The molecule has 0 bridgehead atoms. The maximum Gasteiger partial charge on any atom is 0.0708 e. The Morgan fingerprint density at radius 3 is 0.932 bits per heavy atom. The van der Waals surface area contributed by atoms with Gasteiger partial charge in [-0.1, -0.05) is 255 Å². The van der Waals surface area contributed by atoms with Gasteiger partial charge in [-0.2, -0.15) is 0 Å². The molecule has 0 unspecified atom stereocenters. The van der Waals surface area contributed by atoms with Crippen LogP contribution < -0.4 is 0 Å². The Bertz CT molecular complexity index is 4630. The molecule has 1 aromatic heterocycles. The fourth-order valence-electron chi connectivity index (χ4n) is 12.5. The van der Waals surface area contributed by atoms with Crippen molar-refractivity contribution in [3.8, 4) is 66.8 Å². The van der Waals surface area contributed by atoms with Gasteiger partial charge in [-0.25, -0.2) is 0 Å². The second kappa shape index (κ2) is 17.0. The standard InChI is InChI=1S/C73H45N/c1-2-19-47(20-3-1)67-54-22-6-8-24-56(54)68(57-25-9-7-23-55(57)67)48-35-37-50(38-36-48)70-62-30-14-15-31-63(62)72(73-64-32-16-17-33-66(64)74-45-65(70)73)51-41-39-49(40-42-51)69-58-26-10-12-28-60(58)71(61-29-13-11-27-59(61)69)53-43-34-46-18-4-5-21-52(46)44-53/h1-45H. The van der Waals surface area contributed by atoms with E-state index < -0.39 is 0 Å². The number of rotatable bonds is 6. The lowest BCUT2D eigenvalue weighted by molar-refractivity contribution is 1.45. The van der Waals surface area contributed by atoms with Crippen molar-refractivity contribution in [2.24, 2.45) is 0 Å². The first kappa shape index (κ1) is 42.0. The largest absolute Gasteiger partial charge is 0.256 e. The van der Waals surface area contributed by atoms with Gasteiger partial charge in [0.2, 0.25) is 0 Å². The SMILES string of the molecule is c1ccc(-c2c3ccccc3c(-c3ccc(-c4c5ccccc5c(-c5ccc(-c6c7ccccc7c(-c7ccc8ccccc8c7)c7ccccc67)cc5)c5c4cnc4ccccc45)cc3)c3ccccc23)cc1. The molecule has 1 heterocycles. The molecular weight excluding hydrogens is 891 g/mol. The van der Waals surface area contributed by atoms with Crippen molar-refractivity contribution in [1.29, 1.82) is 0 Å². The summed E-state index contributed by atoms with van der Waals surface area (Å²) >= 11 is 0. The summed E-state index contributed by atoms with van der Waals surface area (Å²) in [5.74, 6) is 0. The highest BCUT2D eigenvalue weighted by atomic mass is 14.7. The molecule has 342 valence electrons. The Morgan fingerprint density at radius 1 is 0.189 bits per heavy atom. The summed E-state index contributed by atoms with van der Waals surface area (Å²) in [5, 5.41) is 18.4. The Morgan fingerprint density at radius 2 is 0.486 bits per heavy atom. The molecule has 0 radical (unpaired) electrons. The normalized spacial score (nSPS) is 11.8. The number of benzene rings is 14. The van der Waals surface area contributed by atoms with Crippen molar-refractivity contribution in [2.45, 2.75) is 0 Å². The molecule has 0 fully saturated rings. The van der Waals surface area contributed by atoms with Gasteiger partial charge in [0.15, 0.2) is 0 Å². The molecule has 0 saturated carbocycles. The lowest BCUT2D eigenvalue weighted by Gasteiger charge is -2.20. The number of aromatic nitrogens is 1. The van der Waals surface area contributed by atoms with Crippen LogP contribution in [0.25, 0.3) is 153 Å². The first-order chi connectivity index (χ1) is 36.7. The van der Waals surface area contributed by atoms with Gasteiger partial charge in [0.1, 0.15) is 0 Å². The van der Waals surface area contributed by atoms with Crippen molar-refractivity contribution < 1.29 is 0 Å². The number of hydrogen-bond donors (Lipinski definition) is 0. The van der Waals surface area contributed by atoms with E-state index in [9.17, 15) is 0 Å². The van der Waals surface area contributed by atoms with Crippen LogP contribution in [0.3, 0.4) is 0 Å². The zero-order chi connectivity index (χ0) is 48.7. The zero-order valence-electron chi connectivity index (χ0n) is 40.4. The molecule has 0 aliphatic carbocycles. The van der Waals surface area contributed by atoms with Crippen molar-refractivity contribution in [3.05, 3.63) is 273 Å². The highest BCUT2D eigenvalue weighted by Crippen LogP contribution is 2.49. The van der Waals surface area contributed by atoms with E-state index >= 15 is 0 Å². The van der Waals surface area contributed by atoms with E-state index in [2.05, 4.69) is 273 Å². The monoisotopic (exact) mass is 935 g/mol. The molecule has 14 aromatic carbocycles. The van der Waals surface area contributed by atoms with Gasteiger partial charge in [0.25, 0.3) is 0 Å². The van der Waals surface area contributed by atoms with E-state index in [1.54, 1.807) is 0 Å². The minimum Gasteiger partial charge on any atom is -0.256 e. The molecule has 0 atom stereocenters. The molecule has 74 heavy (non-hydrogen) atoms. The lowest BCUT2D eigenvalue weighted by atomic mass is 9.83. The summed E-state index contributed by atoms with van der Waals surface area (Å²) in [6.45, 7) is 0. The third-order valence-corrected chi connectivity index (χ3v) is 15.6. The molecule has 0 amide bonds. The van der Waals surface area contributed by atoms with Gasteiger partial charge in [-0.3, -0.25) is 4.98 Å². The van der Waals surface area contributed by atoms with Gasteiger partial charge >= 0.3 is 0 Å². The Labute approximate surface area is 428 Å². The van der Waals surface area contributed by atoms with Crippen LogP contribution in [0.15, 0.2) is 273 Å². The van der Waals surface area contributed by atoms with Crippen LogP contribution in [0, 0.1) is 0 Å². The molecular formula is C73H45N. The number of fused-ring (bicyclic) bond motifs is 9. The fourth-order valence-corrected chi connectivity index (χ4v) is 12.5. The van der Waals surface area contributed by atoms with Crippen LogP contribution in [0.5, 0.6) is 0 Å². The number of hydrogen-bond acceptors (Lipinski definition) is 1. The van der Waals surface area contributed by atoms with Crippen molar-refractivity contribution >= 4 is 86.3 Å². The molecule has 0 aliphatic heterocycles. The molecule has 1 nitrogen and oxygen atoms in total. The molecule has 1 heteroatoms. The van der Waals surface area contributed by atoms with Gasteiger partial charge in [-0.05, 0) is 144 Å². The van der Waals surface area contributed by atoms with Gasteiger partial charge in [0.05, 0.1) is 5.52 Å². The van der Waals surface area contributed by atoms with Crippen molar-refractivity contribution in [1.82, 2.24) is 4.98 Å². The molecule has 0 aliphatic rings. The van der Waals surface area contributed by atoms with Gasteiger partial charge < -0.3 is 0 Å².